The minimum atomic E-state index is -4.16. The Kier molecular flexibility index (Phi) is 7.96. The molecule has 1 aromatic rings. The molecule has 0 aliphatic rings. The van der Waals surface area contributed by atoms with Gasteiger partial charge in [0.2, 0.25) is 0 Å². The van der Waals surface area contributed by atoms with Gasteiger partial charge in [0.05, 0.1) is 7.11 Å². The highest BCUT2D eigenvalue weighted by atomic mass is 32.3. The van der Waals surface area contributed by atoms with E-state index in [1.165, 1.54) is 11.1 Å². The van der Waals surface area contributed by atoms with Crippen molar-refractivity contribution < 1.29 is 17.2 Å². The summed E-state index contributed by atoms with van der Waals surface area (Å²) in [5.74, 6) is 0. The summed E-state index contributed by atoms with van der Waals surface area (Å²) in [7, 11) is -3.29. The van der Waals surface area contributed by atoms with E-state index in [1.54, 1.807) is 0 Å². The Bertz CT molecular complexity index is 496. The van der Waals surface area contributed by atoms with Crippen LogP contribution in [0.25, 0.3) is 0 Å². The van der Waals surface area contributed by atoms with E-state index >= 15 is 0 Å². The predicted molar refractivity (Wildman–Crippen MR) is 80.8 cm³/mol. The minimum absolute atomic E-state index is 0.132. The van der Waals surface area contributed by atoms with E-state index in [0.717, 1.165) is 26.4 Å². The molecule has 0 aliphatic carbocycles. The molecule has 0 heterocycles. The van der Waals surface area contributed by atoms with Crippen LogP contribution in [0.15, 0.2) is 24.3 Å². The Hall–Kier alpha value is -0.950. The summed E-state index contributed by atoms with van der Waals surface area (Å²) in [6.45, 7) is 6.51. The predicted octanol–water partition coefficient (Wildman–Crippen LogP) is 2.66. The molecule has 6 heteroatoms. The van der Waals surface area contributed by atoms with Crippen molar-refractivity contribution in [3.8, 4) is 0 Å². The fourth-order valence-electron chi connectivity index (χ4n) is 1.95. The van der Waals surface area contributed by atoms with Crippen LogP contribution in [0.5, 0.6) is 0 Å². The van der Waals surface area contributed by atoms with Gasteiger partial charge >= 0.3 is 10.4 Å². The van der Waals surface area contributed by atoms with E-state index in [0.29, 0.717) is 0 Å². The first-order valence-electron chi connectivity index (χ1n) is 6.64. The Morgan fingerprint density at radius 1 is 1.20 bits per heavy atom. The summed E-state index contributed by atoms with van der Waals surface area (Å²) in [6, 6.07) is 8.53. The maximum atomic E-state index is 9.33. The van der Waals surface area contributed by atoms with E-state index in [-0.39, 0.29) is 5.54 Å². The zero-order chi connectivity index (χ0) is 15.8. The number of hydrogen-bond donors (Lipinski definition) is 2. The number of benzene rings is 1. The molecule has 0 bridgehead atoms. The molecule has 1 rings (SSSR count). The zero-order valence-electron chi connectivity index (χ0n) is 12.6. The third-order valence-electron chi connectivity index (χ3n) is 3.41. The highest BCUT2D eigenvalue weighted by molar-refractivity contribution is 7.80. The highest BCUT2D eigenvalue weighted by Crippen LogP contribution is 2.28. The van der Waals surface area contributed by atoms with Crippen LogP contribution in [-0.2, 0) is 26.5 Å². The van der Waals surface area contributed by atoms with Crippen LogP contribution in [0.2, 0.25) is 0 Å². The van der Waals surface area contributed by atoms with Crippen molar-refractivity contribution in [3.63, 3.8) is 0 Å². The van der Waals surface area contributed by atoms with Gasteiger partial charge in [0.25, 0.3) is 0 Å². The second kappa shape index (κ2) is 8.36. The number of rotatable bonds is 5. The molecule has 116 valence electrons. The van der Waals surface area contributed by atoms with Crippen LogP contribution in [-0.4, -0.2) is 20.1 Å². The Labute approximate surface area is 122 Å². The number of aryl methyl sites for hydroxylation is 1. The number of nitrogens with two attached hydrogens (primary N) is 1. The van der Waals surface area contributed by atoms with E-state index in [9.17, 15) is 8.42 Å². The van der Waals surface area contributed by atoms with Crippen LogP contribution in [0, 0.1) is 0 Å². The SMILES string of the molecule is CCc1ccccc1C(N)(CC)CC.COS(=O)(=O)O. The average Bonchev–Trinajstić information content (AvgIpc) is 2.46. The topological polar surface area (TPSA) is 89.6 Å². The second-order valence-electron chi connectivity index (χ2n) is 4.47. The lowest BCUT2D eigenvalue weighted by molar-refractivity contribution is 0.324. The maximum absolute atomic E-state index is 9.33. The molecule has 1 aromatic carbocycles. The van der Waals surface area contributed by atoms with Crippen molar-refractivity contribution in [2.24, 2.45) is 5.73 Å². The summed E-state index contributed by atoms with van der Waals surface area (Å²) >= 11 is 0. The summed E-state index contributed by atoms with van der Waals surface area (Å²) in [6.07, 6.45) is 3.07. The van der Waals surface area contributed by atoms with E-state index < -0.39 is 10.4 Å². The molecule has 3 N–H and O–H groups in total. The van der Waals surface area contributed by atoms with Gasteiger partial charge in [-0.15, -0.1) is 0 Å². The van der Waals surface area contributed by atoms with Crippen molar-refractivity contribution in [1.82, 2.24) is 0 Å². The fraction of sp³-hybridized carbons (Fsp3) is 0.571. The fourth-order valence-corrected chi connectivity index (χ4v) is 1.95. The molecule has 20 heavy (non-hydrogen) atoms. The van der Waals surface area contributed by atoms with Crippen molar-refractivity contribution in [2.75, 3.05) is 7.11 Å². The van der Waals surface area contributed by atoms with E-state index in [4.69, 9.17) is 10.3 Å². The van der Waals surface area contributed by atoms with Crippen molar-refractivity contribution >= 4 is 10.4 Å². The Balaban J connectivity index is 0.000000511. The van der Waals surface area contributed by atoms with Crippen LogP contribution < -0.4 is 5.73 Å². The van der Waals surface area contributed by atoms with Crippen LogP contribution in [0.1, 0.15) is 44.7 Å². The standard InChI is InChI=1S/C13H21N.CH4O4S/c1-4-11-9-7-8-10-12(11)13(14,5-2)6-3;1-5-6(2,3)4/h7-10H,4-6,14H2,1-3H3;1H3,(H,2,3,4). The summed E-state index contributed by atoms with van der Waals surface area (Å²) in [5.41, 5.74) is 8.98. The summed E-state index contributed by atoms with van der Waals surface area (Å²) in [5, 5.41) is 0. The molecule has 0 atom stereocenters. The van der Waals surface area contributed by atoms with Crippen molar-refractivity contribution in [3.05, 3.63) is 35.4 Å². The van der Waals surface area contributed by atoms with Gasteiger partial charge in [-0.2, -0.15) is 8.42 Å². The van der Waals surface area contributed by atoms with Crippen molar-refractivity contribution in [2.45, 2.75) is 45.6 Å². The molecule has 0 amide bonds. The molecule has 5 nitrogen and oxygen atoms in total. The van der Waals surface area contributed by atoms with Crippen LogP contribution in [0.4, 0.5) is 0 Å². The lowest BCUT2D eigenvalue weighted by atomic mass is 9.82. The van der Waals surface area contributed by atoms with Gasteiger partial charge in [0.15, 0.2) is 0 Å². The quantitative estimate of drug-likeness (QED) is 0.816. The van der Waals surface area contributed by atoms with E-state index in [1.807, 2.05) is 0 Å². The van der Waals surface area contributed by atoms with Gasteiger partial charge in [-0.25, -0.2) is 0 Å². The molecule has 0 unspecified atom stereocenters. The Morgan fingerprint density at radius 2 is 1.65 bits per heavy atom. The van der Waals surface area contributed by atoms with Crippen LogP contribution >= 0.6 is 0 Å². The second-order valence-corrected chi connectivity index (χ2v) is 5.66. The van der Waals surface area contributed by atoms with Gasteiger partial charge in [0.1, 0.15) is 0 Å². The molecule has 0 spiro atoms. The average molecular weight is 303 g/mol. The van der Waals surface area contributed by atoms with Crippen LogP contribution in [0.3, 0.4) is 0 Å². The van der Waals surface area contributed by atoms with E-state index in [2.05, 4.69) is 49.2 Å². The molecular formula is C14H25NO4S. The minimum Gasteiger partial charge on any atom is -0.321 e. The summed E-state index contributed by atoms with van der Waals surface area (Å²) in [4.78, 5) is 0. The molecule has 0 aliphatic heterocycles. The van der Waals surface area contributed by atoms with Gasteiger partial charge in [-0.05, 0) is 30.4 Å². The molecular weight excluding hydrogens is 278 g/mol. The third kappa shape index (κ3) is 6.00. The summed E-state index contributed by atoms with van der Waals surface area (Å²) < 4.78 is 29.7. The molecule has 0 fully saturated rings. The Morgan fingerprint density at radius 3 is 2.00 bits per heavy atom. The first kappa shape index (κ1) is 19.1. The molecule has 0 radical (unpaired) electrons. The molecule has 0 saturated heterocycles. The normalized spacial score (nSPS) is 11.7. The maximum Gasteiger partial charge on any atom is 0.397 e. The monoisotopic (exact) mass is 303 g/mol. The van der Waals surface area contributed by atoms with Gasteiger partial charge in [0, 0.05) is 5.54 Å². The zero-order valence-corrected chi connectivity index (χ0v) is 13.4. The molecule has 0 saturated carbocycles. The van der Waals surface area contributed by atoms with Gasteiger partial charge < -0.3 is 5.73 Å². The first-order valence-corrected chi connectivity index (χ1v) is 8.00. The molecule has 0 aromatic heterocycles. The lowest BCUT2D eigenvalue weighted by Crippen LogP contribution is -2.36. The van der Waals surface area contributed by atoms with Gasteiger partial charge in [-0.3, -0.25) is 8.74 Å². The lowest BCUT2D eigenvalue weighted by Gasteiger charge is -2.29. The number of hydrogen-bond acceptors (Lipinski definition) is 4. The third-order valence-corrected chi connectivity index (χ3v) is 3.83. The van der Waals surface area contributed by atoms with Crippen molar-refractivity contribution in [1.29, 1.82) is 0 Å². The smallest absolute Gasteiger partial charge is 0.321 e. The first-order chi connectivity index (χ1) is 9.24. The van der Waals surface area contributed by atoms with Gasteiger partial charge in [-0.1, -0.05) is 45.0 Å². The largest absolute Gasteiger partial charge is 0.397 e. The highest BCUT2D eigenvalue weighted by Gasteiger charge is 2.24.